The zero-order valence-corrected chi connectivity index (χ0v) is 10.3. The van der Waals surface area contributed by atoms with Crippen molar-refractivity contribution in [2.75, 3.05) is 13.2 Å². The smallest absolute Gasteiger partial charge is 0.0604 e. The summed E-state index contributed by atoms with van der Waals surface area (Å²) < 4.78 is 5.53. The van der Waals surface area contributed by atoms with Crippen LogP contribution in [0.25, 0.3) is 0 Å². The summed E-state index contributed by atoms with van der Waals surface area (Å²) in [6.45, 7) is 3.88. The number of ether oxygens (including phenoxy) is 1. The lowest BCUT2D eigenvalue weighted by atomic mass is 9.84. The Morgan fingerprint density at radius 1 is 1.25 bits per heavy atom. The van der Waals surface area contributed by atoms with Gasteiger partial charge in [-0.1, -0.05) is 12.8 Å². The van der Waals surface area contributed by atoms with Gasteiger partial charge in [-0.25, -0.2) is 0 Å². The fourth-order valence-electron chi connectivity index (χ4n) is 2.85. The molecule has 0 radical (unpaired) electrons. The summed E-state index contributed by atoms with van der Waals surface area (Å²) in [5, 5.41) is 13.4. The van der Waals surface area contributed by atoms with E-state index in [9.17, 15) is 5.11 Å². The standard InChI is InChI=1S/C13H25NO2/c1-2-16-12-7-11(8-12)14-9-10-5-3-4-6-13(10)15/h10-15H,2-9H2,1H3. The average molecular weight is 227 g/mol. The van der Waals surface area contributed by atoms with Crippen molar-refractivity contribution in [3.05, 3.63) is 0 Å². The number of hydrogen-bond acceptors (Lipinski definition) is 3. The van der Waals surface area contributed by atoms with E-state index in [-0.39, 0.29) is 6.10 Å². The summed E-state index contributed by atoms with van der Waals surface area (Å²) in [4.78, 5) is 0. The highest BCUT2D eigenvalue weighted by molar-refractivity contribution is 4.87. The summed E-state index contributed by atoms with van der Waals surface area (Å²) >= 11 is 0. The van der Waals surface area contributed by atoms with Crippen LogP contribution < -0.4 is 5.32 Å². The Morgan fingerprint density at radius 2 is 2.00 bits per heavy atom. The van der Waals surface area contributed by atoms with Crippen molar-refractivity contribution < 1.29 is 9.84 Å². The van der Waals surface area contributed by atoms with Crippen LogP contribution in [0.5, 0.6) is 0 Å². The summed E-state index contributed by atoms with van der Waals surface area (Å²) in [6, 6.07) is 0.630. The van der Waals surface area contributed by atoms with Gasteiger partial charge in [0.1, 0.15) is 0 Å². The summed E-state index contributed by atoms with van der Waals surface area (Å²) in [7, 11) is 0. The van der Waals surface area contributed by atoms with E-state index in [1.165, 1.54) is 19.3 Å². The van der Waals surface area contributed by atoms with Crippen LogP contribution in [0.15, 0.2) is 0 Å². The van der Waals surface area contributed by atoms with Gasteiger partial charge in [-0.05, 0) is 38.5 Å². The van der Waals surface area contributed by atoms with E-state index in [2.05, 4.69) is 12.2 Å². The van der Waals surface area contributed by atoms with Crippen LogP contribution in [-0.4, -0.2) is 36.5 Å². The van der Waals surface area contributed by atoms with Crippen molar-refractivity contribution in [1.82, 2.24) is 5.32 Å². The third kappa shape index (κ3) is 3.19. The lowest BCUT2D eigenvalue weighted by Gasteiger charge is -2.37. The van der Waals surface area contributed by atoms with E-state index < -0.39 is 0 Å². The van der Waals surface area contributed by atoms with Crippen LogP contribution in [0.1, 0.15) is 45.4 Å². The van der Waals surface area contributed by atoms with E-state index in [0.29, 0.717) is 18.1 Å². The van der Waals surface area contributed by atoms with Crippen molar-refractivity contribution in [3.8, 4) is 0 Å². The Bertz CT molecular complexity index is 204. The lowest BCUT2D eigenvalue weighted by Crippen LogP contribution is -2.48. The van der Waals surface area contributed by atoms with Crippen LogP contribution in [0.4, 0.5) is 0 Å². The molecule has 0 aromatic carbocycles. The van der Waals surface area contributed by atoms with Crippen LogP contribution in [0.3, 0.4) is 0 Å². The molecule has 2 saturated carbocycles. The molecule has 2 N–H and O–H groups in total. The van der Waals surface area contributed by atoms with E-state index in [4.69, 9.17) is 4.74 Å². The maximum atomic E-state index is 9.84. The van der Waals surface area contributed by atoms with E-state index in [0.717, 1.165) is 32.4 Å². The normalized spacial score (nSPS) is 39.4. The SMILES string of the molecule is CCOC1CC(NCC2CCCCC2O)C1. The molecule has 2 unspecified atom stereocenters. The molecule has 0 bridgehead atoms. The molecule has 3 nitrogen and oxygen atoms in total. The van der Waals surface area contributed by atoms with Crippen molar-refractivity contribution in [1.29, 1.82) is 0 Å². The molecule has 2 aliphatic carbocycles. The summed E-state index contributed by atoms with van der Waals surface area (Å²) in [6.07, 6.45) is 7.40. The van der Waals surface area contributed by atoms with Gasteiger partial charge in [0.2, 0.25) is 0 Å². The van der Waals surface area contributed by atoms with Crippen LogP contribution in [0, 0.1) is 5.92 Å². The molecule has 0 saturated heterocycles. The highest BCUT2D eigenvalue weighted by Gasteiger charge is 2.30. The van der Waals surface area contributed by atoms with Crippen LogP contribution >= 0.6 is 0 Å². The molecule has 0 aromatic rings. The van der Waals surface area contributed by atoms with Gasteiger partial charge in [-0.2, -0.15) is 0 Å². The maximum absolute atomic E-state index is 9.84. The van der Waals surface area contributed by atoms with Gasteiger partial charge in [0.25, 0.3) is 0 Å². The molecule has 2 aliphatic rings. The van der Waals surface area contributed by atoms with Crippen molar-refractivity contribution in [2.45, 2.75) is 63.7 Å². The van der Waals surface area contributed by atoms with E-state index in [1.54, 1.807) is 0 Å². The molecule has 2 rings (SSSR count). The third-order valence-corrected chi connectivity index (χ3v) is 4.03. The Morgan fingerprint density at radius 3 is 2.69 bits per heavy atom. The predicted molar refractivity (Wildman–Crippen MR) is 64.4 cm³/mol. The van der Waals surface area contributed by atoms with Crippen LogP contribution in [-0.2, 0) is 4.74 Å². The molecule has 0 spiro atoms. The largest absolute Gasteiger partial charge is 0.393 e. The zero-order chi connectivity index (χ0) is 11.4. The molecule has 2 fully saturated rings. The molecule has 0 heterocycles. The second-order valence-corrected chi connectivity index (χ2v) is 5.27. The summed E-state index contributed by atoms with van der Waals surface area (Å²) in [5.74, 6) is 0.486. The molecule has 3 heteroatoms. The third-order valence-electron chi connectivity index (χ3n) is 4.03. The lowest BCUT2D eigenvalue weighted by molar-refractivity contribution is -0.0135. The minimum atomic E-state index is -0.0657. The highest BCUT2D eigenvalue weighted by Crippen LogP contribution is 2.26. The van der Waals surface area contributed by atoms with Crippen molar-refractivity contribution in [2.24, 2.45) is 5.92 Å². The first-order valence-electron chi connectivity index (χ1n) is 6.82. The minimum absolute atomic E-state index is 0.0657. The number of hydrogen-bond donors (Lipinski definition) is 2. The number of aliphatic hydroxyl groups is 1. The van der Waals surface area contributed by atoms with Gasteiger partial charge in [0, 0.05) is 19.2 Å². The Balaban J connectivity index is 1.58. The highest BCUT2D eigenvalue weighted by atomic mass is 16.5. The Labute approximate surface area is 98.6 Å². The first kappa shape index (κ1) is 12.3. The molecule has 0 aliphatic heterocycles. The molecule has 0 aromatic heterocycles. The first-order valence-corrected chi connectivity index (χ1v) is 6.82. The summed E-state index contributed by atoms with van der Waals surface area (Å²) in [5.41, 5.74) is 0. The predicted octanol–water partition coefficient (Wildman–Crippen LogP) is 1.69. The van der Waals surface area contributed by atoms with E-state index in [1.807, 2.05) is 0 Å². The van der Waals surface area contributed by atoms with E-state index >= 15 is 0 Å². The molecular weight excluding hydrogens is 202 g/mol. The minimum Gasteiger partial charge on any atom is -0.393 e. The fraction of sp³-hybridized carbons (Fsp3) is 1.00. The van der Waals surface area contributed by atoms with Gasteiger partial charge in [-0.3, -0.25) is 0 Å². The van der Waals surface area contributed by atoms with Gasteiger partial charge < -0.3 is 15.2 Å². The maximum Gasteiger partial charge on any atom is 0.0604 e. The molecule has 94 valence electrons. The average Bonchev–Trinajstić information content (AvgIpc) is 2.23. The van der Waals surface area contributed by atoms with Gasteiger partial charge in [0.05, 0.1) is 12.2 Å². The monoisotopic (exact) mass is 227 g/mol. The fourth-order valence-corrected chi connectivity index (χ4v) is 2.85. The second-order valence-electron chi connectivity index (χ2n) is 5.27. The number of nitrogens with one attached hydrogen (secondary N) is 1. The molecule has 16 heavy (non-hydrogen) atoms. The second kappa shape index (κ2) is 5.99. The van der Waals surface area contributed by atoms with Gasteiger partial charge >= 0.3 is 0 Å². The van der Waals surface area contributed by atoms with Crippen LogP contribution in [0.2, 0.25) is 0 Å². The first-order chi connectivity index (χ1) is 7.79. The Kier molecular flexibility index (Phi) is 4.62. The quantitative estimate of drug-likeness (QED) is 0.751. The van der Waals surface area contributed by atoms with Gasteiger partial charge in [0.15, 0.2) is 0 Å². The van der Waals surface area contributed by atoms with Gasteiger partial charge in [-0.15, -0.1) is 0 Å². The molecule has 0 amide bonds. The molecular formula is C13H25NO2. The zero-order valence-electron chi connectivity index (χ0n) is 10.3. The number of rotatable bonds is 5. The van der Waals surface area contributed by atoms with Crippen molar-refractivity contribution in [3.63, 3.8) is 0 Å². The van der Waals surface area contributed by atoms with Crippen molar-refractivity contribution >= 4 is 0 Å². The number of aliphatic hydroxyl groups excluding tert-OH is 1. The molecule has 2 atom stereocenters. The topological polar surface area (TPSA) is 41.5 Å². The Hall–Kier alpha value is -0.120.